The Morgan fingerprint density at radius 2 is 1.37 bits per heavy atom. The average Bonchev–Trinajstić information content (AvgIpc) is 3.37. The highest BCUT2D eigenvalue weighted by Crippen LogP contribution is 2.12. The molecule has 4 atom stereocenters. The van der Waals surface area contributed by atoms with E-state index in [1.807, 2.05) is 74.5 Å². The van der Waals surface area contributed by atoms with E-state index < -0.39 is 41.9 Å². The van der Waals surface area contributed by atoms with Crippen LogP contribution in [0.15, 0.2) is 60.7 Å². The molecule has 2 aromatic carbocycles. The van der Waals surface area contributed by atoms with Crippen molar-refractivity contribution in [2.24, 2.45) is 11.7 Å². The molecular weight excluding hydrogens is 620 g/mol. The molecule has 0 saturated carbocycles. The van der Waals surface area contributed by atoms with Crippen LogP contribution >= 0.6 is 0 Å². The predicted octanol–water partition coefficient (Wildman–Crippen LogP) is 2.72. The number of hydrogen-bond acceptors (Lipinski definition) is 7. The van der Waals surface area contributed by atoms with Gasteiger partial charge in [0.15, 0.2) is 0 Å². The van der Waals surface area contributed by atoms with Gasteiger partial charge in [-0.3, -0.25) is 19.2 Å². The quantitative estimate of drug-likeness (QED) is 0.143. The number of nitrogens with zero attached hydrogens (tertiary/aromatic N) is 1. The van der Waals surface area contributed by atoms with Crippen molar-refractivity contribution >= 4 is 23.6 Å². The van der Waals surface area contributed by atoms with Crippen LogP contribution in [0, 0.1) is 5.92 Å². The summed E-state index contributed by atoms with van der Waals surface area (Å²) in [5, 5.41) is 12.2. The van der Waals surface area contributed by atoms with Gasteiger partial charge in [0, 0.05) is 25.7 Å². The minimum Gasteiger partial charge on any atom is -0.380 e. The topological polar surface area (TPSA) is 155 Å². The molecule has 11 heteroatoms. The molecule has 1 aliphatic rings. The van der Waals surface area contributed by atoms with Crippen LogP contribution in [0.25, 0.3) is 0 Å². The molecule has 0 bridgehead atoms. The lowest BCUT2D eigenvalue weighted by molar-refractivity contribution is -0.138. The fraction of sp³-hybridized carbons (Fsp3) is 0.579. The van der Waals surface area contributed by atoms with E-state index in [0.29, 0.717) is 77.4 Å². The molecule has 1 fully saturated rings. The molecule has 49 heavy (non-hydrogen) atoms. The molecule has 6 N–H and O–H groups in total. The van der Waals surface area contributed by atoms with Crippen molar-refractivity contribution in [3.8, 4) is 0 Å². The number of nitrogens with one attached hydrogen (secondary N) is 4. The average molecular weight is 679 g/mol. The SMILES string of the molecule is CC(C)C[C@@H](NC(=O)[C@@H](CCc1ccccc1)NC(=O)[C@H](N)Cc1ccccc1)C(=O)N[C@H](CCCNC(C)C)C(=O)N1CCCOCC1. The van der Waals surface area contributed by atoms with Crippen LogP contribution in [0.5, 0.6) is 0 Å². The van der Waals surface area contributed by atoms with Gasteiger partial charge in [-0.25, -0.2) is 0 Å². The lowest BCUT2D eigenvalue weighted by Crippen LogP contribution is -2.58. The van der Waals surface area contributed by atoms with E-state index in [4.69, 9.17) is 10.5 Å². The van der Waals surface area contributed by atoms with Gasteiger partial charge in [-0.15, -0.1) is 0 Å². The maximum absolute atomic E-state index is 13.9. The first kappa shape index (κ1) is 39.6. The number of carbonyl (C=O) groups is 4. The normalized spacial score (nSPS) is 15.9. The number of nitrogens with two attached hydrogens (primary N) is 1. The molecule has 2 aromatic rings. The second-order valence-electron chi connectivity index (χ2n) is 13.7. The first-order chi connectivity index (χ1) is 23.5. The Hall–Kier alpha value is -3.80. The zero-order chi connectivity index (χ0) is 35.6. The Morgan fingerprint density at radius 1 is 0.755 bits per heavy atom. The van der Waals surface area contributed by atoms with Crippen LogP contribution in [-0.4, -0.2) is 91.6 Å². The molecule has 0 aliphatic carbocycles. The zero-order valence-electron chi connectivity index (χ0n) is 29.8. The number of benzene rings is 2. The summed E-state index contributed by atoms with van der Waals surface area (Å²) in [6, 6.07) is 16.1. The molecule has 0 radical (unpaired) electrons. The standard InChI is InChI=1S/C38H58N6O5/c1-27(2)25-34(37(47)42-33(17-11-20-40-28(3)4)38(48)44-21-12-23-49-24-22-44)43-36(46)32(19-18-29-13-7-5-8-14-29)41-35(45)31(39)26-30-15-9-6-10-16-30/h5-10,13-16,27-28,31-34,40H,11-12,17-26,39H2,1-4H3,(H,41,45)(H,42,47)(H,43,46)/t31-,32-,33-,34-/m1/s1. The van der Waals surface area contributed by atoms with Gasteiger partial charge < -0.3 is 36.6 Å². The molecule has 0 spiro atoms. The van der Waals surface area contributed by atoms with Gasteiger partial charge in [-0.1, -0.05) is 88.4 Å². The minimum atomic E-state index is -0.923. The van der Waals surface area contributed by atoms with Gasteiger partial charge in [0.05, 0.1) is 12.6 Å². The number of ether oxygens (including phenoxy) is 1. The van der Waals surface area contributed by atoms with Crippen molar-refractivity contribution in [1.29, 1.82) is 0 Å². The Kier molecular flexibility index (Phi) is 17.2. The van der Waals surface area contributed by atoms with E-state index in [2.05, 4.69) is 35.1 Å². The smallest absolute Gasteiger partial charge is 0.245 e. The summed E-state index contributed by atoms with van der Waals surface area (Å²) in [6.07, 6.45) is 3.42. The fourth-order valence-corrected chi connectivity index (χ4v) is 5.85. The Morgan fingerprint density at radius 3 is 2.02 bits per heavy atom. The molecule has 270 valence electrons. The molecule has 3 rings (SSSR count). The van der Waals surface area contributed by atoms with Crippen molar-refractivity contribution in [1.82, 2.24) is 26.2 Å². The summed E-state index contributed by atoms with van der Waals surface area (Å²) in [4.78, 5) is 56.6. The Bertz CT molecular complexity index is 1280. The number of aryl methyl sites for hydroxylation is 1. The van der Waals surface area contributed by atoms with Crippen molar-refractivity contribution < 1.29 is 23.9 Å². The van der Waals surface area contributed by atoms with Gasteiger partial charge in [-0.05, 0) is 68.5 Å². The Labute approximate surface area is 292 Å². The van der Waals surface area contributed by atoms with Crippen LogP contribution in [0.2, 0.25) is 0 Å². The third-order valence-electron chi connectivity index (χ3n) is 8.54. The van der Waals surface area contributed by atoms with E-state index in [1.165, 1.54) is 0 Å². The number of amides is 4. The fourth-order valence-electron chi connectivity index (χ4n) is 5.85. The molecule has 1 saturated heterocycles. The molecule has 0 unspecified atom stereocenters. The van der Waals surface area contributed by atoms with Crippen molar-refractivity contribution in [3.63, 3.8) is 0 Å². The second kappa shape index (κ2) is 21.3. The highest BCUT2D eigenvalue weighted by atomic mass is 16.5. The van der Waals surface area contributed by atoms with Crippen LogP contribution in [-0.2, 0) is 36.8 Å². The summed E-state index contributed by atoms with van der Waals surface area (Å²) in [7, 11) is 0. The molecule has 1 heterocycles. The summed E-state index contributed by atoms with van der Waals surface area (Å²) >= 11 is 0. The van der Waals surface area contributed by atoms with Crippen LogP contribution in [0.4, 0.5) is 0 Å². The third kappa shape index (κ3) is 14.7. The van der Waals surface area contributed by atoms with Gasteiger partial charge in [0.2, 0.25) is 23.6 Å². The van der Waals surface area contributed by atoms with Gasteiger partial charge in [0.25, 0.3) is 0 Å². The predicted molar refractivity (Wildman–Crippen MR) is 193 cm³/mol. The van der Waals surface area contributed by atoms with Crippen LogP contribution < -0.4 is 27.0 Å². The number of hydrogen-bond donors (Lipinski definition) is 5. The minimum absolute atomic E-state index is 0.0693. The van der Waals surface area contributed by atoms with Gasteiger partial charge in [0.1, 0.15) is 18.1 Å². The molecule has 4 amide bonds. The second-order valence-corrected chi connectivity index (χ2v) is 13.7. The highest BCUT2D eigenvalue weighted by Gasteiger charge is 2.32. The molecular formula is C38H58N6O5. The lowest BCUT2D eigenvalue weighted by atomic mass is 9.99. The first-order valence-electron chi connectivity index (χ1n) is 17.9. The third-order valence-corrected chi connectivity index (χ3v) is 8.54. The van der Waals surface area contributed by atoms with Crippen LogP contribution in [0.1, 0.15) is 70.9 Å². The maximum Gasteiger partial charge on any atom is 0.245 e. The summed E-state index contributed by atoms with van der Waals surface area (Å²) < 4.78 is 5.55. The van der Waals surface area contributed by atoms with E-state index in [-0.39, 0.29) is 11.8 Å². The van der Waals surface area contributed by atoms with Crippen molar-refractivity contribution in [3.05, 3.63) is 71.8 Å². The zero-order valence-corrected chi connectivity index (χ0v) is 29.8. The van der Waals surface area contributed by atoms with Crippen molar-refractivity contribution in [2.45, 2.75) is 103 Å². The molecule has 1 aliphatic heterocycles. The summed E-state index contributed by atoms with van der Waals surface area (Å²) in [6.45, 7) is 10.9. The van der Waals surface area contributed by atoms with E-state index >= 15 is 0 Å². The number of carbonyl (C=O) groups excluding carboxylic acids is 4. The number of rotatable bonds is 19. The highest BCUT2D eigenvalue weighted by molar-refractivity contribution is 5.94. The lowest BCUT2D eigenvalue weighted by Gasteiger charge is -2.29. The van der Waals surface area contributed by atoms with E-state index in [0.717, 1.165) is 17.5 Å². The van der Waals surface area contributed by atoms with Gasteiger partial charge in [-0.2, -0.15) is 0 Å². The van der Waals surface area contributed by atoms with Crippen molar-refractivity contribution in [2.75, 3.05) is 32.8 Å². The summed E-state index contributed by atoms with van der Waals surface area (Å²) in [5.74, 6) is -1.40. The molecule has 0 aromatic heterocycles. The van der Waals surface area contributed by atoms with Crippen LogP contribution in [0.3, 0.4) is 0 Å². The largest absolute Gasteiger partial charge is 0.380 e. The molecule has 11 nitrogen and oxygen atoms in total. The van der Waals surface area contributed by atoms with E-state index in [9.17, 15) is 19.2 Å². The summed E-state index contributed by atoms with van der Waals surface area (Å²) in [5.41, 5.74) is 8.22. The monoisotopic (exact) mass is 678 g/mol. The van der Waals surface area contributed by atoms with E-state index in [1.54, 1.807) is 4.90 Å². The maximum atomic E-state index is 13.9. The Balaban J connectivity index is 1.76. The van der Waals surface area contributed by atoms with Gasteiger partial charge >= 0.3 is 0 Å². The first-order valence-corrected chi connectivity index (χ1v) is 17.9.